The van der Waals surface area contributed by atoms with Gasteiger partial charge in [-0.05, 0) is 25.7 Å². The predicted molar refractivity (Wildman–Crippen MR) is 60.4 cm³/mol. The van der Waals surface area contributed by atoms with E-state index in [1.807, 2.05) is 0 Å². The Labute approximate surface area is 109 Å². The summed E-state index contributed by atoms with van der Waals surface area (Å²) in [5.74, 6) is -0.560. The molecule has 2 heterocycles. The molecule has 2 saturated heterocycles. The topological polar surface area (TPSA) is 49.8 Å². The quantitative estimate of drug-likeness (QED) is 0.789. The number of likely N-dealkylation sites (tertiary alicyclic amines) is 1. The number of rotatable bonds is 1. The number of hydrogen-bond acceptors (Lipinski definition) is 3. The standard InChI is InChI=1S/C12H18F3NO3/c13-12(14,15)11(18)4-1-5-16(8-11)10(17)9-2-6-19-7-3-9/h9,18H,1-8H2/t11-/m1/s1. The first-order valence-corrected chi connectivity index (χ1v) is 6.49. The van der Waals surface area contributed by atoms with Crippen LogP contribution in [0.2, 0.25) is 0 Å². The van der Waals surface area contributed by atoms with Crippen molar-refractivity contribution >= 4 is 5.91 Å². The summed E-state index contributed by atoms with van der Waals surface area (Å²) in [6.07, 6.45) is -3.78. The number of ether oxygens (including phenoxy) is 1. The molecular formula is C12H18F3NO3. The van der Waals surface area contributed by atoms with Gasteiger partial charge in [-0.3, -0.25) is 4.79 Å². The molecule has 1 amide bonds. The Morgan fingerprint density at radius 1 is 1.32 bits per heavy atom. The van der Waals surface area contributed by atoms with Crippen LogP contribution in [0.15, 0.2) is 0 Å². The first kappa shape index (κ1) is 14.6. The number of amides is 1. The maximum atomic E-state index is 12.8. The van der Waals surface area contributed by atoms with Crippen molar-refractivity contribution in [1.82, 2.24) is 4.90 Å². The molecular weight excluding hydrogens is 263 g/mol. The number of alkyl halides is 3. The molecule has 2 aliphatic heterocycles. The van der Waals surface area contributed by atoms with Gasteiger partial charge in [-0.15, -0.1) is 0 Å². The van der Waals surface area contributed by atoms with Gasteiger partial charge in [0.05, 0.1) is 6.54 Å². The van der Waals surface area contributed by atoms with E-state index in [9.17, 15) is 23.1 Å². The van der Waals surface area contributed by atoms with Gasteiger partial charge in [0, 0.05) is 25.7 Å². The molecule has 4 nitrogen and oxygen atoms in total. The van der Waals surface area contributed by atoms with Crippen LogP contribution in [0.3, 0.4) is 0 Å². The summed E-state index contributed by atoms with van der Waals surface area (Å²) >= 11 is 0. The molecule has 0 spiro atoms. The molecule has 0 unspecified atom stereocenters. The Morgan fingerprint density at radius 2 is 1.95 bits per heavy atom. The first-order valence-electron chi connectivity index (χ1n) is 6.49. The lowest BCUT2D eigenvalue weighted by Crippen LogP contribution is -2.59. The molecule has 0 aliphatic carbocycles. The maximum Gasteiger partial charge on any atom is 0.418 e. The van der Waals surface area contributed by atoms with Gasteiger partial charge in [-0.1, -0.05) is 0 Å². The summed E-state index contributed by atoms with van der Waals surface area (Å²) in [5, 5.41) is 9.68. The Bertz CT molecular complexity index is 342. The third kappa shape index (κ3) is 3.02. The molecule has 1 atom stereocenters. The summed E-state index contributed by atoms with van der Waals surface area (Å²) in [7, 11) is 0. The molecule has 2 aliphatic rings. The van der Waals surface area contributed by atoms with Gasteiger partial charge in [0.25, 0.3) is 0 Å². The number of nitrogens with zero attached hydrogens (tertiary/aromatic N) is 1. The smallest absolute Gasteiger partial charge is 0.381 e. The van der Waals surface area contributed by atoms with Crippen LogP contribution in [0.1, 0.15) is 25.7 Å². The van der Waals surface area contributed by atoms with Crippen molar-refractivity contribution in [2.75, 3.05) is 26.3 Å². The molecule has 2 rings (SSSR count). The normalized spacial score (nSPS) is 30.4. The second kappa shape index (κ2) is 5.28. The van der Waals surface area contributed by atoms with Gasteiger partial charge >= 0.3 is 6.18 Å². The minimum Gasteiger partial charge on any atom is -0.381 e. The summed E-state index contributed by atoms with van der Waals surface area (Å²) in [6.45, 7) is 0.572. The molecule has 1 N–H and O–H groups in total. The van der Waals surface area contributed by atoms with Gasteiger partial charge in [-0.25, -0.2) is 0 Å². The van der Waals surface area contributed by atoms with E-state index in [1.54, 1.807) is 0 Å². The number of hydrogen-bond donors (Lipinski definition) is 1. The van der Waals surface area contributed by atoms with Gasteiger partial charge in [0.1, 0.15) is 0 Å². The van der Waals surface area contributed by atoms with Gasteiger partial charge < -0.3 is 14.7 Å². The van der Waals surface area contributed by atoms with Crippen LogP contribution in [0, 0.1) is 5.92 Å². The van der Waals surface area contributed by atoms with Crippen molar-refractivity contribution in [2.45, 2.75) is 37.5 Å². The summed E-state index contributed by atoms with van der Waals surface area (Å²) in [6, 6.07) is 0. The van der Waals surface area contributed by atoms with Crippen LogP contribution in [0.4, 0.5) is 13.2 Å². The zero-order valence-corrected chi connectivity index (χ0v) is 10.6. The van der Waals surface area contributed by atoms with Crippen molar-refractivity contribution in [3.05, 3.63) is 0 Å². The van der Waals surface area contributed by atoms with E-state index in [0.29, 0.717) is 26.1 Å². The van der Waals surface area contributed by atoms with E-state index >= 15 is 0 Å². The lowest BCUT2D eigenvalue weighted by Gasteiger charge is -2.41. The summed E-state index contributed by atoms with van der Waals surface area (Å²) in [4.78, 5) is 13.3. The first-order chi connectivity index (χ1) is 8.83. The molecule has 0 bridgehead atoms. The highest BCUT2D eigenvalue weighted by atomic mass is 19.4. The van der Waals surface area contributed by atoms with Crippen molar-refractivity contribution < 1.29 is 27.8 Å². The van der Waals surface area contributed by atoms with Crippen LogP contribution in [0.25, 0.3) is 0 Å². The van der Waals surface area contributed by atoms with Gasteiger partial charge in [0.2, 0.25) is 5.91 Å². The highest BCUT2D eigenvalue weighted by molar-refractivity contribution is 5.79. The lowest BCUT2D eigenvalue weighted by molar-refractivity contribution is -0.273. The molecule has 110 valence electrons. The van der Waals surface area contributed by atoms with E-state index in [1.165, 1.54) is 0 Å². The van der Waals surface area contributed by atoms with E-state index in [0.717, 1.165) is 4.90 Å². The fraction of sp³-hybridized carbons (Fsp3) is 0.917. The predicted octanol–water partition coefficient (Wildman–Crippen LogP) is 1.33. The Balaban J connectivity index is 2.02. The van der Waals surface area contributed by atoms with Crippen molar-refractivity contribution in [3.8, 4) is 0 Å². The zero-order chi connectivity index (χ0) is 14.1. The second-order valence-corrected chi connectivity index (χ2v) is 5.28. The average Bonchev–Trinajstić information content (AvgIpc) is 2.38. The summed E-state index contributed by atoms with van der Waals surface area (Å²) in [5.41, 5.74) is -2.76. The van der Waals surface area contributed by atoms with E-state index in [2.05, 4.69) is 0 Å². The number of aliphatic hydroxyl groups is 1. The molecule has 0 aromatic heterocycles. The monoisotopic (exact) mass is 281 g/mol. The largest absolute Gasteiger partial charge is 0.418 e. The van der Waals surface area contributed by atoms with E-state index in [4.69, 9.17) is 4.74 Å². The van der Waals surface area contributed by atoms with Crippen molar-refractivity contribution in [3.63, 3.8) is 0 Å². The Kier molecular flexibility index (Phi) is 4.06. The molecule has 0 aromatic carbocycles. The van der Waals surface area contributed by atoms with Crippen LogP contribution < -0.4 is 0 Å². The fourth-order valence-electron chi connectivity index (χ4n) is 2.66. The number of β-amino-alcohol motifs (C(OH)–C–C–N with tert-alkyl or cyclic N) is 1. The molecule has 19 heavy (non-hydrogen) atoms. The molecule has 0 radical (unpaired) electrons. The van der Waals surface area contributed by atoms with E-state index < -0.39 is 18.3 Å². The minimum atomic E-state index is -4.69. The fourth-order valence-corrected chi connectivity index (χ4v) is 2.66. The molecule has 7 heteroatoms. The van der Waals surface area contributed by atoms with Crippen LogP contribution in [-0.2, 0) is 9.53 Å². The highest BCUT2D eigenvalue weighted by Gasteiger charge is 2.56. The van der Waals surface area contributed by atoms with Crippen LogP contribution >= 0.6 is 0 Å². The molecule has 0 saturated carbocycles. The lowest BCUT2D eigenvalue weighted by atomic mass is 9.90. The van der Waals surface area contributed by atoms with Gasteiger partial charge in [-0.2, -0.15) is 13.2 Å². The minimum absolute atomic E-state index is 0.172. The van der Waals surface area contributed by atoms with E-state index in [-0.39, 0.29) is 31.2 Å². The number of carbonyl (C=O) groups is 1. The van der Waals surface area contributed by atoms with Crippen LogP contribution in [0.5, 0.6) is 0 Å². The Hall–Kier alpha value is -0.820. The zero-order valence-electron chi connectivity index (χ0n) is 10.6. The molecule has 2 fully saturated rings. The third-order valence-electron chi connectivity index (χ3n) is 3.88. The average molecular weight is 281 g/mol. The van der Waals surface area contributed by atoms with Crippen molar-refractivity contribution in [2.24, 2.45) is 5.92 Å². The Morgan fingerprint density at radius 3 is 2.53 bits per heavy atom. The maximum absolute atomic E-state index is 12.8. The third-order valence-corrected chi connectivity index (χ3v) is 3.88. The second-order valence-electron chi connectivity index (χ2n) is 5.28. The number of carbonyl (C=O) groups excluding carboxylic acids is 1. The SMILES string of the molecule is O=C(C1CCOCC1)N1CCC[C@](O)(C(F)(F)F)C1. The molecule has 0 aromatic rings. The number of halogens is 3. The summed E-state index contributed by atoms with van der Waals surface area (Å²) < 4.78 is 43.5. The van der Waals surface area contributed by atoms with Gasteiger partial charge in [0.15, 0.2) is 5.60 Å². The number of piperidine rings is 1. The van der Waals surface area contributed by atoms with Crippen LogP contribution in [-0.4, -0.2) is 54.0 Å². The van der Waals surface area contributed by atoms with Crippen molar-refractivity contribution in [1.29, 1.82) is 0 Å². The highest BCUT2D eigenvalue weighted by Crippen LogP contribution is 2.37.